The van der Waals surface area contributed by atoms with E-state index >= 15 is 0 Å². The van der Waals surface area contributed by atoms with E-state index in [2.05, 4.69) is 0 Å². The van der Waals surface area contributed by atoms with E-state index in [4.69, 9.17) is 9.79 Å². The van der Waals surface area contributed by atoms with Crippen molar-refractivity contribution in [2.45, 2.75) is 19.0 Å². The van der Waals surface area contributed by atoms with Crippen molar-refractivity contribution in [1.82, 2.24) is 0 Å². The first-order valence-corrected chi connectivity index (χ1v) is 4.15. The number of carbonyl (C=O) groups excluding carboxylic acids is 1. The normalized spacial score (nSPS) is 15.0. The first-order valence-electron chi connectivity index (χ1n) is 2.47. The van der Waals surface area contributed by atoms with E-state index in [1.165, 1.54) is 6.92 Å². The van der Waals surface area contributed by atoms with Gasteiger partial charge in [-0.25, -0.2) is 0 Å². The lowest BCUT2D eigenvalue weighted by molar-refractivity contribution is -0.107. The topological polar surface area (TPSA) is 74.6 Å². The Bertz CT molecular complexity index is 138. The smallest absolute Gasteiger partial charge is 0.324 e. The molecule has 2 N–H and O–H groups in total. The minimum absolute atomic E-state index is 0.0791. The third-order valence-electron chi connectivity index (χ3n) is 1.01. The molecule has 0 bridgehead atoms. The third-order valence-corrected chi connectivity index (χ3v) is 2.37. The molecule has 0 aliphatic heterocycles. The summed E-state index contributed by atoms with van der Waals surface area (Å²) in [5.41, 5.74) is -0.838. The van der Waals surface area contributed by atoms with E-state index in [9.17, 15) is 9.36 Å². The minimum atomic E-state index is -4.00. The zero-order valence-electron chi connectivity index (χ0n) is 5.02. The van der Waals surface area contributed by atoms with Crippen molar-refractivity contribution in [1.29, 1.82) is 0 Å². The molecule has 0 aliphatic rings. The number of carbonyl (C=O) groups is 1. The lowest BCUT2D eigenvalue weighted by Crippen LogP contribution is -2.02. The van der Waals surface area contributed by atoms with Gasteiger partial charge in [0, 0.05) is 6.42 Å². The molecule has 0 amide bonds. The van der Waals surface area contributed by atoms with Crippen molar-refractivity contribution >= 4 is 13.9 Å². The molecule has 0 radical (unpaired) electrons. The molecule has 0 saturated heterocycles. The van der Waals surface area contributed by atoms with Gasteiger partial charge in [-0.2, -0.15) is 0 Å². The van der Waals surface area contributed by atoms with Gasteiger partial charge in [-0.1, -0.05) is 6.92 Å². The van der Waals surface area contributed by atoms with Gasteiger partial charge in [0.15, 0.2) is 0 Å². The summed E-state index contributed by atoms with van der Waals surface area (Å²) >= 11 is 0. The maximum absolute atomic E-state index is 10.3. The van der Waals surface area contributed by atoms with Crippen LogP contribution in [0.1, 0.15) is 13.3 Å². The summed E-state index contributed by atoms with van der Waals surface area (Å²) < 4.78 is 10.3. The molecule has 9 heavy (non-hydrogen) atoms. The molecular formula is C4H9O4P. The van der Waals surface area contributed by atoms with E-state index in [-0.39, 0.29) is 6.42 Å². The van der Waals surface area contributed by atoms with Gasteiger partial charge in [0.1, 0.15) is 6.29 Å². The van der Waals surface area contributed by atoms with E-state index < -0.39 is 13.3 Å². The zero-order chi connectivity index (χ0) is 7.49. The summed E-state index contributed by atoms with van der Waals surface area (Å²) in [7, 11) is -4.00. The highest BCUT2D eigenvalue weighted by molar-refractivity contribution is 7.52. The Morgan fingerprint density at radius 1 is 1.67 bits per heavy atom. The SMILES string of the molecule is CC(CC=O)P(=O)(O)O. The fraction of sp³-hybridized carbons (Fsp3) is 0.750. The van der Waals surface area contributed by atoms with Crippen LogP contribution in [0.4, 0.5) is 0 Å². The van der Waals surface area contributed by atoms with Crippen LogP contribution in [0, 0.1) is 0 Å². The number of hydrogen-bond acceptors (Lipinski definition) is 2. The molecular weight excluding hydrogens is 143 g/mol. The Balaban J connectivity index is 3.88. The molecule has 54 valence electrons. The molecule has 4 nitrogen and oxygen atoms in total. The summed E-state index contributed by atoms with van der Waals surface area (Å²) in [5, 5.41) is 0. The average Bonchev–Trinajstić information content (AvgIpc) is 1.64. The zero-order valence-corrected chi connectivity index (χ0v) is 5.91. The molecule has 0 aliphatic carbocycles. The lowest BCUT2D eigenvalue weighted by Gasteiger charge is -2.08. The van der Waals surface area contributed by atoms with Gasteiger partial charge in [0.25, 0.3) is 0 Å². The molecule has 0 spiro atoms. The molecule has 0 fully saturated rings. The second-order valence-electron chi connectivity index (χ2n) is 1.84. The maximum atomic E-state index is 10.3. The molecule has 0 aromatic heterocycles. The van der Waals surface area contributed by atoms with Gasteiger partial charge in [0.2, 0.25) is 0 Å². The third kappa shape index (κ3) is 3.40. The van der Waals surface area contributed by atoms with Crippen LogP contribution < -0.4 is 0 Å². The minimum Gasteiger partial charge on any atom is -0.324 e. The van der Waals surface area contributed by atoms with E-state index in [1.807, 2.05) is 0 Å². The van der Waals surface area contributed by atoms with Gasteiger partial charge in [-0.05, 0) is 0 Å². The van der Waals surface area contributed by atoms with E-state index in [0.29, 0.717) is 6.29 Å². The van der Waals surface area contributed by atoms with Crippen LogP contribution >= 0.6 is 7.60 Å². The quantitative estimate of drug-likeness (QED) is 0.445. The van der Waals surface area contributed by atoms with Crippen molar-refractivity contribution < 1.29 is 19.1 Å². The van der Waals surface area contributed by atoms with Gasteiger partial charge in [-0.3, -0.25) is 4.57 Å². The van der Waals surface area contributed by atoms with Crippen molar-refractivity contribution in [3.05, 3.63) is 0 Å². The fourth-order valence-corrected chi connectivity index (χ4v) is 0.637. The largest absolute Gasteiger partial charge is 0.328 e. The van der Waals surface area contributed by atoms with Crippen molar-refractivity contribution in [3.63, 3.8) is 0 Å². The monoisotopic (exact) mass is 152 g/mol. The van der Waals surface area contributed by atoms with E-state index in [0.717, 1.165) is 0 Å². The van der Waals surface area contributed by atoms with Crippen LogP contribution in [0.3, 0.4) is 0 Å². The Kier molecular flexibility index (Phi) is 3.04. The van der Waals surface area contributed by atoms with Gasteiger partial charge >= 0.3 is 7.60 Å². The average molecular weight is 152 g/mol. The van der Waals surface area contributed by atoms with Crippen LogP contribution in [0.5, 0.6) is 0 Å². The lowest BCUT2D eigenvalue weighted by atomic mass is 10.4. The standard InChI is InChI=1S/C4H9O4P/c1-4(2-3-5)9(6,7)8/h3-4H,2H2,1H3,(H2,6,7,8). The van der Waals surface area contributed by atoms with Crippen LogP contribution in [0.2, 0.25) is 0 Å². The van der Waals surface area contributed by atoms with Gasteiger partial charge in [0.05, 0.1) is 5.66 Å². The predicted octanol–water partition coefficient (Wildman–Crippen LogP) is 0.142. The maximum Gasteiger partial charge on any atom is 0.328 e. The summed E-state index contributed by atoms with van der Waals surface area (Å²) in [6.07, 6.45) is 0.425. The second-order valence-corrected chi connectivity index (χ2v) is 3.90. The number of hydrogen-bond donors (Lipinski definition) is 2. The summed E-state index contributed by atoms with van der Waals surface area (Å²) in [4.78, 5) is 26.5. The fourth-order valence-electron chi connectivity index (χ4n) is 0.277. The highest BCUT2D eigenvalue weighted by Crippen LogP contribution is 2.41. The Hall–Kier alpha value is -0.180. The summed E-state index contributed by atoms with van der Waals surface area (Å²) in [5.74, 6) is 0. The summed E-state index contributed by atoms with van der Waals surface area (Å²) in [6.45, 7) is 1.34. The van der Waals surface area contributed by atoms with Crippen molar-refractivity contribution in [2.75, 3.05) is 0 Å². The predicted molar refractivity (Wildman–Crippen MR) is 32.2 cm³/mol. The molecule has 0 aromatic carbocycles. The number of aldehydes is 1. The van der Waals surface area contributed by atoms with Crippen LogP contribution in [0.25, 0.3) is 0 Å². The molecule has 0 saturated carbocycles. The molecule has 1 unspecified atom stereocenters. The Morgan fingerprint density at radius 2 is 2.11 bits per heavy atom. The molecule has 0 aromatic rings. The first kappa shape index (κ1) is 8.82. The Morgan fingerprint density at radius 3 is 2.22 bits per heavy atom. The van der Waals surface area contributed by atoms with Crippen LogP contribution in [-0.4, -0.2) is 21.7 Å². The molecule has 1 atom stereocenters. The first-order chi connectivity index (χ1) is 3.98. The van der Waals surface area contributed by atoms with Crippen LogP contribution in [-0.2, 0) is 9.36 Å². The number of rotatable bonds is 3. The molecule has 0 heterocycles. The molecule has 5 heteroatoms. The highest BCUT2D eigenvalue weighted by atomic mass is 31.2. The van der Waals surface area contributed by atoms with Crippen LogP contribution in [0.15, 0.2) is 0 Å². The van der Waals surface area contributed by atoms with Gasteiger partial charge < -0.3 is 14.6 Å². The Labute approximate surface area is 53.0 Å². The van der Waals surface area contributed by atoms with Crippen molar-refractivity contribution in [2.24, 2.45) is 0 Å². The molecule has 0 rings (SSSR count). The van der Waals surface area contributed by atoms with Crippen molar-refractivity contribution in [3.8, 4) is 0 Å². The van der Waals surface area contributed by atoms with Gasteiger partial charge in [-0.15, -0.1) is 0 Å². The van der Waals surface area contributed by atoms with E-state index in [1.54, 1.807) is 0 Å². The highest BCUT2D eigenvalue weighted by Gasteiger charge is 2.22. The second kappa shape index (κ2) is 3.11. The summed E-state index contributed by atoms with van der Waals surface area (Å²) in [6, 6.07) is 0.